The van der Waals surface area contributed by atoms with Gasteiger partial charge in [0.1, 0.15) is 0 Å². The van der Waals surface area contributed by atoms with Gasteiger partial charge in [-0.05, 0) is 19.7 Å². The Morgan fingerprint density at radius 1 is 1.30 bits per heavy atom. The van der Waals surface area contributed by atoms with Gasteiger partial charge in [0.15, 0.2) is 0 Å². The standard InChI is InChI=1S/C7H15NO2/c1-8(2)4-3-7(5-9)6-10/h3,9-10H,4-6H2,1-2H3. The molecule has 3 nitrogen and oxygen atoms in total. The molecule has 0 amide bonds. The predicted molar refractivity (Wildman–Crippen MR) is 40.8 cm³/mol. The van der Waals surface area contributed by atoms with Crippen molar-refractivity contribution in [3.63, 3.8) is 0 Å². The van der Waals surface area contributed by atoms with Gasteiger partial charge in [0.2, 0.25) is 0 Å². The Hall–Kier alpha value is -0.380. The van der Waals surface area contributed by atoms with Crippen LogP contribution in [0.4, 0.5) is 0 Å². The number of aliphatic hydroxyl groups is 2. The van der Waals surface area contributed by atoms with Gasteiger partial charge in [-0.25, -0.2) is 0 Å². The van der Waals surface area contributed by atoms with E-state index in [9.17, 15) is 0 Å². The fourth-order valence-corrected chi connectivity index (χ4v) is 0.491. The Morgan fingerprint density at radius 3 is 2.10 bits per heavy atom. The third-order valence-corrected chi connectivity index (χ3v) is 1.15. The second-order valence-corrected chi connectivity index (χ2v) is 2.44. The molecule has 0 aliphatic carbocycles. The smallest absolute Gasteiger partial charge is 0.0664 e. The number of likely N-dealkylation sites (N-methyl/N-ethyl adjacent to an activating group) is 1. The first kappa shape index (κ1) is 9.62. The molecule has 0 bridgehead atoms. The molecule has 0 fully saturated rings. The second-order valence-electron chi connectivity index (χ2n) is 2.44. The van der Waals surface area contributed by atoms with E-state index in [2.05, 4.69) is 0 Å². The molecule has 0 aliphatic rings. The number of hydrogen-bond donors (Lipinski definition) is 2. The van der Waals surface area contributed by atoms with Crippen LogP contribution in [0.25, 0.3) is 0 Å². The van der Waals surface area contributed by atoms with E-state index >= 15 is 0 Å². The summed E-state index contributed by atoms with van der Waals surface area (Å²) >= 11 is 0. The molecule has 0 heterocycles. The molecule has 0 atom stereocenters. The Kier molecular flexibility index (Phi) is 5.20. The lowest BCUT2D eigenvalue weighted by Crippen LogP contribution is -2.12. The van der Waals surface area contributed by atoms with Gasteiger partial charge in [-0.3, -0.25) is 0 Å². The highest BCUT2D eigenvalue weighted by Crippen LogP contribution is 1.90. The van der Waals surface area contributed by atoms with Crippen LogP contribution in [0.2, 0.25) is 0 Å². The van der Waals surface area contributed by atoms with Crippen LogP contribution in [0.3, 0.4) is 0 Å². The SMILES string of the molecule is CN(C)CC=C(CO)CO. The molecular weight excluding hydrogens is 130 g/mol. The molecule has 0 saturated heterocycles. The number of aliphatic hydroxyl groups excluding tert-OH is 2. The van der Waals surface area contributed by atoms with Crippen LogP contribution in [0, 0.1) is 0 Å². The number of rotatable bonds is 4. The molecule has 0 aromatic carbocycles. The molecule has 2 N–H and O–H groups in total. The Labute approximate surface area is 61.6 Å². The average Bonchev–Trinajstić information content (AvgIpc) is 1.90. The van der Waals surface area contributed by atoms with E-state index in [0.717, 1.165) is 6.54 Å². The van der Waals surface area contributed by atoms with Crippen molar-refractivity contribution in [2.75, 3.05) is 33.9 Å². The van der Waals surface area contributed by atoms with Crippen LogP contribution in [0.5, 0.6) is 0 Å². The summed E-state index contributed by atoms with van der Waals surface area (Å²) in [6.45, 7) is 0.658. The maximum atomic E-state index is 8.59. The summed E-state index contributed by atoms with van der Waals surface area (Å²) in [4.78, 5) is 1.96. The number of nitrogens with zero attached hydrogens (tertiary/aromatic N) is 1. The van der Waals surface area contributed by atoms with Crippen molar-refractivity contribution in [3.05, 3.63) is 11.6 Å². The normalized spacial score (nSPS) is 10.1. The van der Waals surface area contributed by atoms with Gasteiger partial charge in [-0.1, -0.05) is 6.08 Å². The third kappa shape index (κ3) is 4.49. The van der Waals surface area contributed by atoms with Crippen molar-refractivity contribution < 1.29 is 10.2 Å². The molecule has 0 aromatic rings. The molecule has 0 saturated carbocycles. The zero-order valence-electron chi connectivity index (χ0n) is 6.54. The minimum Gasteiger partial charge on any atom is -0.392 e. The van der Waals surface area contributed by atoms with Gasteiger partial charge in [-0.2, -0.15) is 0 Å². The van der Waals surface area contributed by atoms with Gasteiger partial charge in [0.05, 0.1) is 13.2 Å². The van der Waals surface area contributed by atoms with E-state index in [1.807, 2.05) is 25.1 Å². The first-order chi connectivity index (χ1) is 4.70. The summed E-state index contributed by atoms with van der Waals surface area (Å²) in [7, 11) is 3.87. The molecular formula is C7H15NO2. The highest BCUT2D eigenvalue weighted by Gasteiger charge is 1.91. The summed E-state index contributed by atoms with van der Waals surface area (Å²) in [5.41, 5.74) is 0.675. The zero-order chi connectivity index (χ0) is 7.98. The van der Waals surface area contributed by atoms with Crippen molar-refractivity contribution in [1.29, 1.82) is 0 Å². The van der Waals surface area contributed by atoms with Gasteiger partial charge in [-0.15, -0.1) is 0 Å². The first-order valence-corrected chi connectivity index (χ1v) is 3.25. The van der Waals surface area contributed by atoms with Crippen LogP contribution in [-0.2, 0) is 0 Å². The quantitative estimate of drug-likeness (QED) is 0.522. The van der Waals surface area contributed by atoms with E-state index < -0.39 is 0 Å². The summed E-state index contributed by atoms with van der Waals surface area (Å²) in [6.07, 6.45) is 1.82. The number of hydrogen-bond acceptors (Lipinski definition) is 3. The molecule has 0 unspecified atom stereocenters. The Morgan fingerprint density at radius 2 is 1.80 bits per heavy atom. The van der Waals surface area contributed by atoms with Crippen LogP contribution in [0.1, 0.15) is 0 Å². The van der Waals surface area contributed by atoms with Crippen molar-refractivity contribution >= 4 is 0 Å². The highest BCUT2D eigenvalue weighted by molar-refractivity contribution is 5.02. The Balaban J connectivity index is 3.63. The average molecular weight is 145 g/mol. The summed E-state index contributed by atoms with van der Waals surface area (Å²) in [5, 5.41) is 17.2. The maximum Gasteiger partial charge on any atom is 0.0664 e. The summed E-state index contributed by atoms with van der Waals surface area (Å²) in [6, 6.07) is 0. The minimum absolute atomic E-state index is 0.0513. The van der Waals surface area contributed by atoms with Crippen LogP contribution in [0.15, 0.2) is 11.6 Å². The van der Waals surface area contributed by atoms with Gasteiger partial charge >= 0.3 is 0 Å². The molecule has 60 valence electrons. The predicted octanol–water partition coefficient (Wildman–Crippen LogP) is -0.541. The maximum absolute atomic E-state index is 8.59. The molecule has 0 rings (SSSR count). The van der Waals surface area contributed by atoms with Gasteiger partial charge < -0.3 is 15.1 Å². The molecule has 0 spiro atoms. The topological polar surface area (TPSA) is 43.7 Å². The van der Waals surface area contributed by atoms with Crippen LogP contribution in [-0.4, -0.2) is 49.0 Å². The van der Waals surface area contributed by atoms with E-state index in [1.54, 1.807) is 0 Å². The molecule has 0 aliphatic heterocycles. The van der Waals surface area contributed by atoms with Crippen molar-refractivity contribution in [2.24, 2.45) is 0 Å². The van der Waals surface area contributed by atoms with Crippen molar-refractivity contribution in [2.45, 2.75) is 0 Å². The van der Waals surface area contributed by atoms with Gasteiger partial charge in [0, 0.05) is 6.54 Å². The zero-order valence-corrected chi connectivity index (χ0v) is 6.54. The Bertz CT molecular complexity index is 104. The summed E-state index contributed by atoms with van der Waals surface area (Å²) in [5.74, 6) is 0. The molecule has 0 aromatic heterocycles. The van der Waals surface area contributed by atoms with E-state index in [0.29, 0.717) is 5.57 Å². The largest absolute Gasteiger partial charge is 0.392 e. The third-order valence-electron chi connectivity index (χ3n) is 1.15. The van der Waals surface area contributed by atoms with Crippen molar-refractivity contribution in [3.8, 4) is 0 Å². The molecule has 3 heteroatoms. The van der Waals surface area contributed by atoms with Crippen molar-refractivity contribution in [1.82, 2.24) is 4.90 Å². The van der Waals surface area contributed by atoms with Crippen LogP contribution >= 0.6 is 0 Å². The molecule has 10 heavy (non-hydrogen) atoms. The second kappa shape index (κ2) is 5.41. The summed E-state index contributed by atoms with van der Waals surface area (Å²) < 4.78 is 0. The lowest BCUT2D eigenvalue weighted by Gasteiger charge is -2.05. The fourth-order valence-electron chi connectivity index (χ4n) is 0.491. The van der Waals surface area contributed by atoms with Crippen LogP contribution < -0.4 is 0 Å². The lowest BCUT2D eigenvalue weighted by atomic mass is 10.3. The van der Waals surface area contributed by atoms with Gasteiger partial charge in [0.25, 0.3) is 0 Å². The fraction of sp³-hybridized carbons (Fsp3) is 0.714. The lowest BCUT2D eigenvalue weighted by molar-refractivity contribution is 0.275. The van der Waals surface area contributed by atoms with E-state index in [1.165, 1.54) is 0 Å². The monoisotopic (exact) mass is 145 g/mol. The first-order valence-electron chi connectivity index (χ1n) is 3.25. The van der Waals surface area contributed by atoms with E-state index in [-0.39, 0.29) is 13.2 Å². The molecule has 0 radical (unpaired) electrons. The highest BCUT2D eigenvalue weighted by atomic mass is 16.3. The van der Waals surface area contributed by atoms with E-state index in [4.69, 9.17) is 10.2 Å². The minimum atomic E-state index is -0.0513.